The van der Waals surface area contributed by atoms with Crippen LogP contribution >= 0.6 is 15.9 Å². The van der Waals surface area contributed by atoms with Gasteiger partial charge in [-0.15, -0.1) is 0 Å². The number of benzene rings is 2. The molecular weight excluding hydrogens is 366 g/mol. The van der Waals surface area contributed by atoms with E-state index in [4.69, 9.17) is 4.42 Å². The summed E-state index contributed by atoms with van der Waals surface area (Å²) in [4.78, 5) is 9.56. The molecule has 2 heterocycles. The van der Waals surface area contributed by atoms with Crippen LogP contribution in [-0.4, -0.2) is 48.0 Å². The smallest absolute Gasteiger partial charge is 0.228 e. The number of halogens is 1. The molecule has 2 aromatic carbocycles. The van der Waals surface area contributed by atoms with Gasteiger partial charge in [0.15, 0.2) is 5.58 Å². The maximum absolute atomic E-state index is 5.93. The second-order valence-corrected chi connectivity index (χ2v) is 7.23. The van der Waals surface area contributed by atoms with Gasteiger partial charge < -0.3 is 9.32 Å². The van der Waals surface area contributed by atoms with Gasteiger partial charge in [0.05, 0.1) is 5.56 Å². The Morgan fingerprint density at radius 3 is 2.67 bits per heavy atom. The Morgan fingerprint density at radius 1 is 1.08 bits per heavy atom. The van der Waals surface area contributed by atoms with Crippen LogP contribution in [0.1, 0.15) is 5.56 Å². The van der Waals surface area contributed by atoms with Gasteiger partial charge in [0, 0.05) is 37.2 Å². The molecule has 0 radical (unpaired) electrons. The Hall–Kier alpha value is -1.69. The largest absolute Gasteiger partial charge is 0.436 e. The lowest BCUT2D eigenvalue weighted by atomic mass is 10.2. The fourth-order valence-electron chi connectivity index (χ4n) is 3.09. The minimum atomic E-state index is 0.661. The SMILES string of the molecule is CN1CCN(Cc2ccc3oc(-c4ccccc4Br)nc3c2)CC1. The molecule has 1 aliphatic heterocycles. The van der Waals surface area contributed by atoms with E-state index in [0.29, 0.717) is 5.89 Å². The summed E-state index contributed by atoms with van der Waals surface area (Å²) in [7, 11) is 2.18. The molecule has 1 fully saturated rings. The molecular formula is C19H20BrN3O. The van der Waals surface area contributed by atoms with Gasteiger partial charge in [-0.05, 0) is 52.8 Å². The summed E-state index contributed by atoms with van der Waals surface area (Å²) in [5.74, 6) is 0.661. The molecule has 4 nitrogen and oxygen atoms in total. The van der Waals surface area contributed by atoms with Crippen LogP contribution in [0.25, 0.3) is 22.6 Å². The van der Waals surface area contributed by atoms with Crippen molar-refractivity contribution in [3.05, 3.63) is 52.5 Å². The first-order chi connectivity index (χ1) is 11.7. The quantitative estimate of drug-likeness (QED) is 0.681. The molecule has 0 saturated carbocycles. The normalized spacial score (nSPS) is 16.8. The Morgan fingerprint density at radius 2 is 1.88 bits per heavy atom. The van der Waals surface area contributed by atoms with Crippen molar-refractivity contribution in [2.75, 3.05) is 33.2 Å². The number of likely N-dealkylation sites (N-methyl/N-ethyl adjacent to an activating group) is 1. The maximum Gasteiger partial charge on any atom is 0.228 e. The zero-order chi connectivity index (χ0) is 16.5. The average molecular weight is 386 g/mol. The minimum Gasteiger partial charge on any atom is -0.436 e. The van der Waals surface area contributed by atoms with Gasteiger partial charge in [-0.3, -0.25) is 4.90 Å². The van der Waals surface area contributed by atoms with Crippen LogP contribution < -0.4 is 0 Å². The van der Waals surface area contributed by atoms with Gasteiger partial charge in [-0.2, -0.15) is 0 Å². The summed E-state index contributed by atoms with van der Waals surface area (Å²) in [6.45, 7) is 5.49. The summed E-state index contributed by atoms with van der Waals surface area (Å²) >= 11 is 3.56. The maximum atomic E-state index is 5.93. The molecule has 1 aliphatic rings. The molecule has 0 atom stereocenters. The van der Waals surface area contributed by atoms with Crippen molar-refractivity contribution in [3.63, 3.8) is 0 Å². The van der Waals surface area contributed by atoms with E-state index in [1.54, 1.807) is 0 Å². The predicted octanol–water partition coefficient (Wildman–Crippen LogP) is 4.00. The lowest BCUT2D eigenvalue weighted by Gasteiger charge is -2.32. The molecule has 0 spiro atoms. The van der Waals surface area contributed by atoms with Gasteiger partial charge >= 0.3 is 0 Å². The average Bonchev–Trinajstić information content (AvgIpc) is 3.00. The molecule has 0 bridgehead atoms. The number of piperazine rings is 1. The van der Waals surface area contributed by atoms with Gasteiger partial charge in [0.2, 0.25) is 5.89 Å². The van der Waals surface area contributed by atoms with Crippen molar-refractivity contribution in [1.29, 1.82) is 0 Å². The number of hydrogen-bond donors (Lipinski definition) is 0. The molecule has 5 heteroatoms. The third-order valence-corrected chi connectivity index (χ3v) is 5.25. The monoisotopic (exact) mass is 385 g/mol. The molecule has 4 rings (SSSR count). The summed E-state index contributed by atoms with van der Waals surface area (Å²) in [6, 6.07) is 14.3. The van der Waals surface area contributed by atoms with Crippen LogP contribution in [0.2, 0.25) is 0 Å². The van der Waals surface area contributed by atoms with Gasteiger partial charge in [-0.25, -0.2) is 4.98 Å². The van der Waals surface area contributed by atoms with E-state index in [2.05, 4.69) is 49.9 Å². The van der Waals surface area contributed by atoms with Crippen molar-refractivity contribution >= 4 is 27.0 Å². The van der Waals surface area contributed by atoms with Crippen LogP contribution in [0.15, 0.2) is 51.4 Å². The lowest BCUT2D eigenvalue weighted by molar-refractivity contribution is 0.148. The van der Waals surface area contributed by atoms with E-state index in [-0.39, 0.29) is 0 Å². The number of rotatable bonds is 3. The van der Waals surface area contributed by atoms with Crippen molar-refractivity contribution in [2.45, 2.75) is 6.54 Å². The number of aromatic nitrogens is 1. The summed E-state index contributed by atoms with van der Waals surface area (Å²) in [6.07, 6.45) is 0. The molecule has 124 valence electrons. The molecule has 1 saturated heterocycles. The zero-order valence-corrected chi connectivity index (χ0v) is 15.3. The molecule has 0 aliphatic carbocycles. The van der Waals surface area contributed by atoms with Gasteiger partial charge in [0.25, 0.3) is 0 Å². The van der Waals surface area contributed by atoms with Crippen molar-refractivity contribution in [3.8, 4) is 11.5 Å². The molecule has 0 N–H and O–H groups in total. The van der Waals surface area contributed by atoms with Crippen LogP contribution in [0.4, 0.5) is 0 Å². The van der Waals surface area contributed by atoms with E-state index in [1.165, 1.54) is 5.56 Å². The van der Waals surface area contributed by atoms with Crippen LogP contribution in [-0.2, 0) is 6.54 Å². The Labute approximate surface area is 150 Å². The number of nitrogens with zero attached hydrogens (tertiary/aromatic N) is 3. The standard InChI is InChI=1S/C19H20BrN3O/c1-22-8-10-23(11-9-22)13-14-6-7-18-17(12-14)21-19(24-18)15-4-2-3-5-16(15)20/h2-7,12H,8-11,13H2,1H3. The number of hydrogen-bond acceptors (Lipinski definition) is 4. The van der Waals surface area contributed by atoms with E-state index in [9.17, 15) is 0 Å². The van der Waals surface area contributed by atoms with Gasteiger partial charge in [0.1, 0.15) is 5.52 Å². The summed E-state index contributed by atoms with van der Waals surface area (Å²) in [5, 5.41) is 0. The topological polar surface area (TPSA) is 32.5 Å². The molecule has 0 unspecified atom stereocenters. The second-order valence-electron chi connectivity index (χ2n) is 6.38. The highest BCUT2D eigenvalue weighted by atomic mass is 79.9. The van der Waals surface area contributed by atoms with Crippen LogP contribution in [0, 0.1) is 0 Å². The summed E-state index contributed by atoms with van der Waals surface area (Å²) < 4.78 is 6.93. The highest BCUT2D eigenvalue weighted by Gasteiger charge is 2.15. The number of fused-ring (bicyclic) bond motifs is 1. The van der Waals surface area contributed by atoms with Crippen molar-refractivity contribution < 1.29 is 4.42 Å². The van der Waals surface area contributed by atoms with Crippen molar-refractivity contribution in [1.82, 2.24) is 14.8 Å². The summed E-state index contributed by atoms with van der Waals surface area (Å²) in [5.41, 5.74) is 4.03. The Kier molecular flexibility index (Phi) is 4.39. The Balaban J connectivity index is 1.58. The first-order valence-corrected chi connectivity index (χ1v) is 9.03. The van der Waals surface area contributed by atoms with E-state index >= 15 is 0 Å². The molecule has 24 heavy (non-hydrogen) atoms. The van der Waals surface area contributed by atoms with E-state index in [0.717, 1.165) is 53.9 Å². The highest BCUT2D eigenvalue weighted by molar-refractivity contribution is 9.10. The van der Waals surface area contributed by atoms with E-state index < -0.39 is 0 Å². The second kappa shape index (κ2) is 6.67. The fraction of sp³-hybridized carbons (Fsp3) is 0.316. The van der Waals surface area contributed by atoms with E-state index in [1.807, 2.05) is 30.3 Å². The first-order valence-electron chi connectivity index (χ1n) is 8.24. The molecule has 1 aromatic heterocycles. The minimum absolute atomic E-state index is 0.661. The fourth-order valence-corrected chi connectivity index (χ4v) is 3.54. The zero-order valence-electron chi connectivity index (χ0n) is 13.7. The Bertz CT molecular complexity index is 853. The van der Waals surface area contributed by atoms with Crippen LogP contribution in [0.5, 0.6) is 0 Å². The number of oxazole rings is 1. The highest BCUT2D eigenvalue weighted by Crippen LogP contribution is 2.30. The lowest BCUT2D eigenvalue weighted by Crippen LogP contribution is -2.43. The first kappa shape index (κ1) is 15.8. The predicted molar refractivity (Wildman–Crippen MR) is 99.9 cm³/mol. The van der Waals surface area contributed by atoms with Gasteiger partial charge in [-0.1, -0.05) is 18.2 Å². The molecule has 0 amide bonds. The third kappa shape index (κ3) is 3.24. The molecule has 3 aromatic rings. The van der Waals surface area contributed by atoms with Crippen molar-refractivity contribution in [2.24, 2.45) is 0 Å². The third-order valence-electron chi connectivity index (χ3n) is 4.56. The van der Waals surface area contributed by atoms with Crippen LogP contribution in [0.3, 0.4) is 0 Å².